The van der Waals surface area contributed by atoms with E-state index in [1.165, 1.54) is 0 Å². The van der Waals surface area contributed by atoms with E-state index in [1.807, 2.05) is 10.5 Å². The lowest BCUT2D eigenvalue weighted by molar-refractivity contribution is 0.182. The fraction of sp³-hybridized carbons (Fsp3) is 0.818. The molecule has 0 aromatic heterocycles. The summed E-state index contributed by atoms with van der Waals surface area (Å²) in [5.74, 6) is 0. The highest BCUT2D eigenvalue weighted by atomic mass is 35.5. The summed E-state index contributed by atoms with van der Waals surface area (Å²) in [6.45, 7) is 15.4. The number of hydrogen-bond donors (Lipinski definition) is 0. The molecule has 2 heteroatoms. The third kappa shape index (κ3) is 5.33. The van der Waals surface area contributed by atoms with Gasteiger partial charge in [0.25, 0.3) is 0 Å². The van der Waals surface area contributed by atoms with E-state index in [2.05, 4.69) is 41.2 Å². The first-order valence-electron chi connectivity index (χ1n) is 4.73. The molecule has 1 nitrogen and oxygen atoms in total. The van der Waals surface area contributed by atoms with E-state index < -0.39 is 0 Å². The van der Waals surface area contributed by atoms with Gasteiger partial charge in [-0.25, -0.2) is 4.42 Å². The highest BCUT2D eigenvalue weighted by Crippen LogP contribution is 2.27. The zero-order chi connectivity index (χ0) is 10.7. The average Bonchev–Trinajstić information content (AvgIpc) is 1.83. The van der Waals surface area contributed by atoms with Crippen molar-refractivity contribution in [2.75, 3.05) is 6.54 Å². The van der Waals surface area contributed by atoms with Gasteiger partial charge in [-0.1, -0.05) is 19.9 Å². The lowest BCUT2D eigenvalue weighted by Gasteiger charge is -2.35. The SMILES string of the molecule is C=CCC(C)(C)CN(Cl)C(C)(C)C. The van der Waals surface area contributed by atoms with Crippen molar-refractivity contribution in [1.29, 1.82) is 0 Å². The zero-order valence-corrected chi connectivity index (χ0v) is 10.3. The normalized spacial score (nSPS) is 13.5. The Morgan fingerprint density at radius 1 is 1.23 bits per heavy atom. The second-order valence-corrected chi connectivity index (χ2v) is 5.76. The van der Waals surface area contributed by atoms with Crippen molar-refractivity contribution in [1.82, 2.24) is 4.42 Å². The van der Waals surface area contributed by atoms with E-state index in [9.17, 15) is 0 Å². The van der Waals surface area contributed by atoms with Gasteiger partial charge in [-0.3, -0.25) is 0 Å². The maximum atomic E-state index is 6.18. The number of hydrogen-bond acceptors (Lipinski definition) is 1. The molecule has 0 saturated carbocycles. The molecular formula is C11H22ClN. The second-order valence-electron chi connectivity index (χ2n) is 5.35. The van der Waals surface area contributed by atoms with Crippen molar-refractivity contribution in [3.63, 3.8) is 0 Å². The van der Waals surface area contributed by atoms with Gasteiger partial charge < -0.3 is 0 Å². The minimum atomic E-state index is 0.0278. The van der Waals surface area contributed by atoms with Gasteiger partial charge in [0.15, 0.2) is 0 Å². The third-order valence-corrected chi connectivity index (χ3v) is 2.62. The molecule has 0 aromatic rings. The molecule has 0 aliphatic carbocycles. The number of nitrogens with zero attached hydrogens (tertiary/aromatic N) is 1. The zero-order valence-electron chi connectivity index (χ0n) is 9.52. The molecule has 0 N–H and O–H groups in total. The molecule has 0 heterocycles. The summed E-state index contributed by atoms with van der Waals surface area (Å²) in [7, 11) is 0. The van der Waals surface area contributed by atoms with Crippen LogP contribution >= 0.6 is 11.8 Å². The highest BCUT2D eigenvalue weighted by Gasteiger charge is 2.26. The lowest BCUT2D eigenvalue weighted by Crippen LogP contribution is -2.39. The van der Waals surface area contributed by atoms with Crippen molar-refractivity contribution in [3.05, 3.63) is 12.7 Å². The van der Waals surface area contributed by atoms with E-state index in [0.29, 0.717) is 0 Å². The van der Waals surface area contributed by atoms with E-state index in [0.717, 1.165) is 13.0 Å². The first-order valence-corrected chi connectivity index (χ1v) is 5.07. The molecule has 0 fully saturated rings. The van der Waals surface area contributed by atoms with Crippen LogP contribution in [-0.4, -0.2) is 16.5 Å². The molecule has 13 heavy (non-hydrogen) atoms. The van der Waals surface area contributed by atoms with Crippen LogP contribution in [0.3, 0.4) is 0 Å². The molecule has 0 aliphatic heterocycles. The molecule has 0 unspecified atom stereocenters. The summed E-state index contributed by atoms with van der Waals surface area (Å²) >= 11 is 6.18. The Labute approximate surface area is 87.9 Å². The summed E-state index contributed by atoms with van der Waals surface area (Å²) in [5, 5.41) is 0. The maximum Gasteiger partial charge on any atom is 0.0278 e. The van der Waals surface area contributed by atoms with Crippen LogP contribution in [0.1, 0.15) is 41.0 Å². The van der Waals surface area contributed by atoms with Gasteiger partial charge >= 0.3 is 0 Å². The topological polar surface area (TPSA) is 3.24 Å². The molecule has 0 radical (unpaired) electrons. The third-order valence-electron chi connectivity index (χ3n) is 1.99. The molecular weight excluding hydrogens is 182 g/mol. The Bertz CT molecular complexity index is 167. The Balaban J connectivity index is 4.18. The van der Waals surface area contributed by atoms with Gasteiger partial charge in [-0.2, -0.15) is 0 Å². The largest absolute Gasteiger partial charge is 0.214 e. The molecule has 0 spiro atoms. The molecule has 0 aliphatic rings. The van der Waals surface area contributed by atoms with Gasteiger partial charge in [0.2, 0.25) is 0 Å². The van der Waals surface area contributed by atoms with Crippen LogP contribution in [0.4, 0.5) is 0 Å². The Hall–Kier alpha value is -0.0100. The summed E-state index contributed by atoms with van der Waals surface area (Å²) in [6.07, 6.45) is 2.94. The first-order chi connectivity index (χ1) is 5.69. The second kappa shape index (κ2) is 4.47. The quantitative estimate of drug-likeness (QED) is 0.496. The van der Waals surface area contributed by atoms with Gasteiger partial charge in [-0.15, -0.1) is 6.58 Å². The van der Waals surface area contributed by atoms with Crippen LogP contribution in [0.5, 0.6) is 0 Å². The van der Waals surface area contributed by atoms with E-state index >= 15 is 0 Å². The number of allylic oxidation sites excluding steroid dienone is 1. The van der Waals surface area contributed by atoms with E-state index in [1.54, 1.807) is 0 Å². The fourth-order valence-electron chi connectivity index (χ4n) is 1.07. The van der Waals surface area contributed by atoms with Gasteiger partial charge in [-0.05, 0) is 44.4 Å². The first kappa shape index (κ1) is 13.0. The van der Waals surface area contributed by atoms with Gasteiger partial charge in [0.05, 0.1) is 0 Å². The summed E-state index contributed by atoms with van der Waals surface area (Å²) in [6, 6.07) is 0. The minimum Gasteiger partial charge on any atom is -0.214 e. The standard InChI is InChI=1S/C11H22ClN/c1-7-8-11(5,6)9-13(12)10(2,3)4/h7H,1,8-9H2,2-6H3. The van der Waals surface area contributed by atoms with Crippen LogP contribution < -0.4 is 0 Å². The average molecular weight is 204 g/mol. The smallest absolute Gasteiger partial charge is 0.0278 e. The van der Waals surface area contributed by atoms with Crippen molar-refractivity contribution in [2.45, 2.75) is 46.6 Å². The van der Waals surface area contributed by atoms with Crippen LogP contribution in [-0.2, 0) is 0 Å². The minimum absolute atomic E-state index is 0.0278. The van der Waals surface area contributed by atoms with Crippen molar-refractivity contribution in [3.8, 4) is 0 Å². The molecule has 0 atom stereocenters. The molecule has 0 amide bonds. The Morgan fingerprint density at radius 2 is 1.69 bits per heavy atom. The van der Waals surface area contributed by atoms with E-state index in [-0.39, 0.29) is 11.0 Å². The Kier molecular flexibility index (Phi) is 4.47. The molecule has 78 valence electrons. The summed E-state index contributed by atoms with van der Waals surface area (Å²) in [5.41, 5.74) is 0.233. The molecule has 0 aromatic carbocycles. The van der Waals surface area contributed by atoms with Crippen LogP contribution in [0.25, 0.3) is 0 Å². The van der Waals surface area contributed by atoms with Gasteiger partial charge in [0, 0.05) is 12.1 Å². The van der Waals surface area contributed by atoms with E-state index in [4.69, 9.17) is 11.8 Å². The Morgan fingerprint density at radius 3 is 2.00 bits per heavy atom. The van der Waals surface area contributed by atoms with Crippen molar-refractivity contribution < 1.29 is 0 Å². The molecule has 0 bridgehead atoms. The van der Waals surface area contributed by atoms with Crippen LogP contribution in [0, 0.1) is 5.41 Å². The van der Waals surface area contributed by atoms with Crippen molar-refractivity contribution >= 4 is 11.8 Å². The predicted molar refractivity (Wildman–Crippen MR) is 60.9 cm³/mol. The summed E-state index contributed by atoms with van der Waals surface area (Å²) in [4.78, 5) is 0. The molecule has 0 rings (SSSR count). The lowest BCUT2D eigenvalue weighted by atomic mass is 9.88. The predicted octanol–water partition coefficient (Wildman–Crippen LogP) is 3.84. The molecule has 0 saturated heterocycles. The monoisotopic (exact) mass is 203 g/mol. The van der Waals surface area contributed by atoms with Crippen molar-refractivity contribution in [2.24, 2.45) is 5.41 Å². The maximum absolute atomic E-state index is 6.18. The fourth-order valence-corrected chi connectivity index (χ4v) is 1.39. The highest BCUT2D eigenvalue weighted by molar-refractivity contribution is 6.13. The van der Waals surface area contributed by atoms with Gasteiger partial charge in [0.1, 0.15) is 0 Å². The summed E-state index contributed by atoms with van der Waals surface area (Å²) < 4.78 is 1.87. The van der Waals surface area contributed by atoms with Crippen LogP contribution in [0.15, 0.2) is 12.7 Å². The number of rotatable bonds is 4. The number of halogens is 1. The van der Waals surface area contributed by atoms with Crippen LogP contribution in [0.2, 0.25) is 0 Å².